The largest absolute Gasteiger partial charge is 0.444 e. The van der Waals surface area contributed by atoms with Crippen LogP contribution in [0.1, 0.15) is 41.7 Å². The van der Waals surface area contributed by atoms with Crippen LogP contribution in [0.15, 0.2) is 24.4 Å². The van der Waals surface area contributed by atoms with Gasteiger partial charge in [-0.2, -0.15) is 0 Å². The number of rotatable bonds is 5. The van der Waals surface area contributed by atoms with Crippen molar-refractivity contribution in [3.8, 4) is 0 Å². The van der Waals surface area contributed by atoms with Crippen molar-refractivity contribution in [2.75, 3.05) is 43.4 Å². The van der Waals surface area contributed by atoms with E-state index in [1.807, 2.05) is 45.9 Å². The first-order valence-electron chi connectivity index (χ1n) is 11.8. The summed E-state index contributed by atoms with van der Waals surface area (Å²) in [6.07, 6.45) is 2.05. The number of nitrogens with zero attached hydrogens (tertiary/aromatic N) is 4. The molecular formula is C25H31ClN6O3S. The third-order valence-electron chi connectivity index (χ3n) is 5.75. The summed E-state index contributed by atoms with van der Waals surface area (Å²) < 4.78 is 5.45. The Bertz CT molecular complexity index is 1280. The molecule has 0 aliphatic carbocycles. The molecule has 0 radical (unpaired) electrons. The van der Waals surface area contributed by atoms with Gasteiger partial charge in [0, 0.05) is 50.0 Å². The van der Waals surface area contributed by atoms with E-state index in [1.54, 1.807) is 11.1 Å². The average molecular weight is 531 g/mol. The maximum Gasteiger partial charge on any atom is 0.410 e. The molecule has 11 heteroatoms. The fourth-order valence-electron chi connectivity index (χ4n) is 3.93. The minimum atomic E-state index is -0.519. The van der Waals surface area contributed by atoms with E-state index in [0.717, 1.165) is 21.5 Å². The number of fused-ring (bicyclic) bond motifs is 1. The highest BCUT2D eigenvalue weighted by molar-refractivity contribution is 7.21. The number of hydrogen-bond acceptors (Lipinski definition) is 8. The van der Waals surface area contributed by atoms with Crippen LogP contribution < -0.4 is 16.0 Å². The molecule has 0 aromatic carbocycles. The normalized spacial score (nSPS) is 14.2. The fraction of sp³-hybridized carbons (Fsp3) is 0.440. The van der Waals surface area contributed by atoms with Crippen LogP contribution in [-0.2, 0) is 11.2 Å². The molecule has 0 spiro atoms. The van der Waals surface area contributed by atoms with Crippen molar-refractivity contribution in [3.05, 3.63) is 45.6 Å². The average Bonchev–Trinajstić information content (AvgIpc) is 3.13. The van der Waals surface area contributed by atoms with E-state index < -0.39 is 5.60 Å². The van der Waals surface area contributed by atoms with Crippen molar-refractivity contribution in [2.45, 2.75) is 39.7 Å². The second-order valence-electron chi connectivity index (χ2n) is 9.76. The molecule has 1 fully saturated rings. The van der Waals surface area contributed by atoms with Gasteiger partial charge in [0.2, 0.25) is 0 Å². The van der Waals surface area contributed by atoms with E-state index >= 15 is 0 Å². The summed E-state index contributed by atoms with van der Waals surface area (Å²) >= 11 is 7.84. The van der Waals surface area contributed by atoms with E-state index in [4.69, 9.17) is 22.1 Å². The lowest BCUT2D eigenvalue weighted by Gasteiger charge is -2.36. The van der Waals surface area contributed by atoms with Gasteiger partial charge in [0.25, 0.3) is 5.91 Å². The maximum atomic E-state index is 12.7. The summed E-state index contributed by atoms with van der Waals surface area (Å²) in [4.78, 5) is 39.0. The summed E-state index contributed by atoms with van der Waals surface area (Å²) in [5, 5.41) is 4.27. The highest BCUT2D eigenvalue weighted by Gasteiger charge is 2.27. The lowest BCUT2D eigenvalue weighted by atomic mass is 10.2. The number of nitrogens with two attached hydrogens (primary N) is 1. The molecule has 0 bridgehead atoms. The number of amides is 2. The van der Waals surface area contributed by atoms with Gasteiger partial charge in [-0.05, 0) is 57.9 Å². The second kappa shape index (κ2) is 10.5. The maximum absolute atomic E-state index is 12.7. The van der Waals surface area contributed by atoms with Crippen molar-refractivity contribution in [1.82, 2.24) is 20.2 Å². The molecule has 2 amide bonds. The van der Waals surface area contributed by atoms with E-state index in [-0.39, 0.29) is 12.0 Å². The third-order valence-corrected chi connectivity index (χ3v) is 7.14. The molecule has 3 aromatic heterocycles. The van der Waals surface area contributed by atoms with Gasteiger partial charge >= 0.3 is 6.09 Å². The van der Waals surface area contributed by atoms with Gasteiger partial charge in [-0.3, -0.25) is 4.79 Å². The Morgan fingerprint density at radius 2 is 1.94 bits per heavy atom. The molecular weight excluding hydrogens is 500 g/mol. The second-order valence-corrected chi connectivity index (χ2v) is 11.2. The number of nitrogen functional groups attached to an aromatic ring is 1. The van der Waals surface area contributed by atoms with Crippen LogP contribution >= 0.6 is 22.9 Å². The molecule has 0 atom stereocenters. The minimum absolute atomic E-state index is 0.216. The molecule has 1 aliphatic rings. The van der Waals surface area contributed by atoms with E-state index in [2.05, 4.69) is 20.2 Å². The zero-order chi connectivity index (χ0) is 26.0. The summed E-state index contributed by atoms with van der Waals surface area (Å²) in [5.41, 5.74) is 7.92. The van der Waals surface area contributed by atoms with Crippen LogP contribution in [0, 0.1) is 6.92 Å². The van der Waals surface area contributed by atoms with Gasteiger partial charge in [0.05, 0.1) is 10.7 Å². The van der Waals surface area contributed by atoms with Gasteiger partial charge in [0.15, 0.2) is 0 Å². The predicted molar refractivity (Wildman–Crippen MR) is 144 cm³/mol. The number of carbonyl (C=O) groups excluding carboxylic acids is 2. The molecule has 0 unspecified atom stereocenters. The number of thiophene rings is 1. The van der Waals surface area contributed by atoms with Crippen LogP contribution in [0.5, 0.6) is 0 Å². The zero-order valence-electron chi connectivity index (χ0n) is 20.9. The van der Waals surface area contributed by atoms with Crippen molar-refractivity contribution in [3.63, 3.8) is 0 Å². The van der Waals surface area contributed by atoms with Crippen LogP contribution in [0.25, 0.3) is 10.2 Å². The Morgan fingerprint density at radius 1 is 1.22 bits per heavy atom. The molecule has 4 heterocycles. The minimum Gasteiger partial charge on any atom is -0.444 e. The summed E-state index contributed by atoms with van der Waals surface area (Å²) in [5.74, 6) is 0.473. The van der Waals surface area contributed by atoms with E-state index in [9.17, 15) is 9.59 Å². The number of carbonyl (C=O) groups is 2. The lowest BCUT2D eigenvalue weighted by Crippen LogP contribution is -2.50. The number of halogens is 1. The molecule has 3 N–H and O–H groups in total. The first kappa shape index (κ1) is 26.0. The predicted octanol–water partition coefficient (Wildman–Crippen LogP) is 4.26. The van der Waals surface area contributed by atoms with Crippen LogP contribution in [0.4, 0.5) is 16.3 Å². The number of ether oxygens (including phenoxy) is 1. The first-order chi connectivity index (χ1) is 17.0. The number of aryl methyl sites for hydroxylation is 1. The number of aromatic nitrogens is 2. The highest BCUT2D eigenvalue weighted by atomic mass is 35.5. The summed E-state index contributed by atoms with van der Waals surface area (Å²) in [6.45, 7) is 10.2. The Kier molecular flexibility index (Phi) is 7.56. The molecule has 36 heavy (non-hydrogen) atoms. The van der Waals surface area contributed by atoms with Crippen molar-refractivity contribution < 1.29 is 14.3 Å². The standard InChI is InChI=1S/C25H31ClN6O3S/c1-15-5-6-17-19(27)20(36-23(17)30-15)22(33)28-8-7-16-13-18(26)21(29-14-16)31-9-11-32(12-10-31)24(34)35-25(2,3)4/h5-6,13-14H,7-12,27H2,1-4H3,(H,28,33). The van der Waals surface area contributed by atoms with Crippen molar-refractivity contribution in [2.24, 2.45) is 0 Å². The van der Waals surface area contributed by atoms with Gasteiger partial charge in [0.1, 0.15) is 21.1 Å². The van der Waals surface area contributed by atoms with Crippen molar-refractivity contribution in [1.29, 1.82) is 0 Å². The summed E-state index contributed by atoms with van der Waals surface area (Å²) in [6, 6.07) is 5.65. The van der Waals surface area contributed by atoms with Crippen LogP contribution in [0.2, 0.25) is 5.02 Å². The van der Waals surface area contributed by atoms with E-state index in [0.29, 0.717) is 60.5 Å². The fourth-order valence-corrected chi connectivity index (χ4v) is 5.29. The zero-order valence-corrected chi connectivity index (χ0v) is 22.5. The molecule has 3 aromatic rings. The quantitative estimate of drug-likeness (QED) is 0.506. The van der Waals surface area contributed by atoms with Crippen LogP contribution in [-0.4, -0.2) is 65.2 Å². The Labute approximate surface area is 219 Å². The number of nitrogens with one attached hydrogen (secondary N) is 1. The Hall–Kier alpha value is -3.11. The number of hydrogen-bond donors (Lipinski definition) is 2. The monoisotopic (exact) mass is 530 g/mol. The SMILES string of the molecule is Cc1ccc2c(N)c(C(=O)NCCc3cnc(N4CCN(C(=O)OC(C)(C)C)CC4)c(Cl)c3)sc2n1. The number of anilines is 2. The summed E-state index contributed by atoms with van der Waals surface area (Å²) in [7, 11) is 0. The molecule has 192 valence electrons. The van der Waals surface area contributed by atoms with Gasteiger partial charge < -0.3 is 25.6 Å². The van der Waals surface area contributed by atoms with Gasteiger partial charge in [-0.1, -0.05) is 11.6 Å². The van der Waals surface area contributed by atoms with Gasteiger partial charge in [-0.25, -0.2) is 14.8 Å². The molecule has 9 nitrogen and oxygen atoms in total. The smallest absolute Gasteiger partial charge is 0.410 e. The van der Waals surface area contributed by atoms with E-state index in [1.165, 1.54) is 11.3 Å². The molecule has 0 saturated carbocycles. The van der Waals surface area contributed by atoms with Gasteiger partial charge in [-0.15, -0.1) is 11.3 Å². The van der Waals surface area contributed by atoms with Crippen molar-refractivity contribution >= 4 is 56.7 Å². The number of pyridine rings is 2. The Morgan fingerprint density at radius 3 is 2.61 bits per heavy atom. The molecule has 1 saturated heterocycles. The number of piperazine rings is 1. The third kappa shape index (κ3) is 5.99. The molecule has 4 rings (SSSR count). The Balaban J connectivity index is 1.30. The molecule has 1 aliphatic heterocycles. The highest BCUT2D eigenvalue weighted by Crippen LogP contribution is 2.32. The van der Waals surface area contributed by atoms with Crippen LogP contribution in [0.3, 0.4) is 0 Å². The lowest BCUT2D eigenvalue weighted by molar-refractivity contribution is 0.0240. The topological polar surface area (TPSA) is 114 Å². The first-order valence-corrected chi connectivity index (χ1v) is 13.0.